The number of carboxylic acid groups (broad SMARTS) is 3. The van der Waals surface area contributed by atoms with Gasteiger partial charge in [-0.2, -0.15) is 39.5 Å². The number of aliphatic carboxylic acids is 3. The fraction of sp³-hybridized carbons (Fsp3) is 0.560. The molecule has 3 atom stereocenters. The standard InChI is InChI=1S/C19H26N4OS.3C2HF3O2/c1-14-21-16(13-25-14)10-22-11-17-18(12-22)23(7-5-19(17)24-2)9-15-4-3-6-20-8-15;3*3-2(4,5)1(6)7/h3-4,6,8,13,17-19H,5,7,9-12H2,1-2H3;3*(H,6,7)/t17-,18+,19-;;;/m0.../s1. The SMILES string of the molecule is CO[C@H]1CCN(Cc2cccnc2)[C@@H]2CN(Cc3csc(C)n3)C[C@H]12.O=C(O)C(F)(F)F.O=C(O)C(F)(F)F.O=C(O)C(F)(F)F. The fourth-order valence-electron chi connectivity index (χ4n) is 4.37. The number of alkyl halides is 9. The van der Waals surface area contributed by atoms with Crippen molar-refractivity contribution in [2.45, 2.75) is 57.1 Å². The number of aromatic nitrogens is 2. The number of likely N-dealkylation sites (tertiary alicyclic amines) is 2. The lowest BCUT2D eigenvalue weighted by molar-refractivity contribution is -0.193. The van der Waals surface area contributed by atoms with E-state index in [9.17, 15) is 39.5 Å². The van der Waals surface area contributed by atoms with Gasteiger partial charge < -0.3 is 20.1 Å². The molecule has 0 spiro atoms. The maximum absolute atomic E-state index is 10.6. The first-order valence-corrected chi connectivity index (χ1v) is 13.6. The van der Waals surface area contributed by atoms with Crippen LogP contribution in [-0.2, 0) is 32.2 Å². The lowest BCUT2D eigenvalue weighted by Gasteiger charge is -2.41. The summed E-state index contributed by atoms with van der Waals surface area (Å²) in [5, 5.41) is 24.7. The van der Waals surface area contributed by atoms with E-state index in [1.807, 2.05) is 25.6 Å². The van der Waals surface area contributed by atoms with Gasteiger partial charge in [-0.1, -0.05) is 6.07 Å². The van der Waals surface area contributed by atoms with Gasteiger partial charge in [-0.25, -0.2) is 19.4 Å². The maximum atomic E-state index is 10.6. The number of thiazole rings is 1. The number of fused-ring (bicyclic) bond motifs is 1. The number of carbonyl (C=O) groups is 3. The highest BCUT2D eigenvalue weighted by molar-refractivity contribution is 7.09. The molecule has 2 fully saturated rings. The Kier molecular flexibility index (Phi) is 15.3. The van der Waals surface area contributed by atoms with Crippen molar-refractivity contribution in [3.8, 4) is 0 Å². The van der Waals surface area contributed by atoms with Gasteiger partial charge in [0.05, 0.1) is 16.8 Å². The van der Waals surface area contributed by atoms with Crippen molar-refractivity contribution in [2.75, 3.05) is 26.7 Å². The number of rotatable bonds is 5. The van der Waals surface area contributed by atoms with Crippen LogP contribution in [0.25, 0.3) is 0 Å². The number of ether oxygens (including phenoxy) is 1. The molecule has 0 bridgehead atoms. The van der Waals surface area contributed by atoms with E-state index < -0.39 is 36.4 Å². The lowest BCUT2D eigenvalue weighted by atomic mass is 9.88. The zero-order valence-electron chi connectivity index (χ0n) is 23.9. The van der Waals surface area contributed by atoms with Gasteiger partial charge in [0.25, 0.3) is 0 Å². The Morgan fingerprint density at radius 3 is 1.85 bits per heavy atom. The highest BCUT2D eigenvalue weighted by Gasteiger charge is 2.44. The monoisotopic (exact) mass is 700 g/mol. The van der Waals surface area contributed by atoms with Crippen LogP contribution in [0.5, 0.6) is 0 Å². The quantitative estimate of drug-likeness (QED) is 0.379. The van der Waals surface area contributed by atoms with Crippen molar-refractivity contribution in [1.82, 2.24) is 19.8 Å². The second-order valence-corrected chi connectivity index (χ2v) is 10.6. The molecule has 4 rings (SSSR count). The lowest BCUT2D eigenvalue weighted by Crippen LogP contribution is -2.50. The molecule has 46 heavy (non-hydrogen) atoms. The van der Waals surface area contributed by atoms with Gasteiger partial charge in [-0.3, -0.25) is 14.8 Å². The van der Waals surface area contributed by atoms with E-state index in [-0.39, 0.29) is 0 Å². The van der Waals surface area contributed by atoms with Gasteiger partial charge in [0.2, 0.25) is 0 Å². The predicted octanol–water partition coefficient (Wildman–Crippen LogP) is 4.47. The topological polar surface area (TPSA) is 153 Å². The minimum Gasteiger partial charge on any atom is -0.475 e. The third-order valence-corrected chi connectivity index (χ3v) is 7.07. The number of pyridine rings is 1. The van der Waals surface area contributed by atoms with E-state index >= 15 is 0 Å². The van der Waals surface area contributed by atoms with Crippen LogP contribution >= 0.6 is 11.3 Å². The summed E-state index contributed by atoms with van der Waals surface area (Å²) in [4.78, 5) is 40.8. The Hall–Kier alpha value is -3.56. The van der Waals surface area contributed by atoms with Gasteiger partial charge in [0, 0.05) is 69.6 Å². The summed E-state index contributed by atoms with van der Waals surface area (Å²) >= 11 is 1.74. The summed E-state index contributed by atoms with van der Waals surface area (Å²) < 4.78 is 101. The molecule has 0 saturated carbocycles. The Labute approximate surface area is 259 Å². The number of halogens is 9. The predicted molar refractivity (Wildman–Crippen MR) is 141 cm³/mol. The molecule has 4 heterocycles. The van der Waals surface area contributed by atoms with Crippen molar-refractivity contribution in [1.29, 1.82) is 0 Å². The number of nitrogens with zero attached hydrogens (tertiary/aromatic N) is 4. The molecule has 2 aromatic rings. The first kappa shape index (κ1) is 40.5. The second kappa shape index (κ2) is 17.4. The molecule has 2 saturated heterocycles. The zero-order chi connectivity index (χ0) is 35.5. The van der Waals surface area contributed by atoms with Crippen LogP contribution in [0.1, 0.15) is 22.7 Å². The number of aryl methyl sites for hydroxylation is 1. The summed E-state index contributed by atoms with van der Waals surface area (Å²) in [5.74, 6) is -7.69. The smallest absolute Gasteiger partial charge is 0.475 e. The molecular weight excluding hydrogens is 671 g/mol. The number of piperidine rings is 1. The van der Waals surface area contributed by atoms with Gasteiger partial charge >= 0.3 is 36.4 Å². The molecule has 2 aliphatic heterocycles. The second-order valence-electron chi connectivity index (χ2n) is 9.59. The van der Waals surface area contributed by atoms with Gasteiger partial charge in [0.15, 0.2) is 0 Å². The Bertz CT molecular complexity index is 1200. The van der Waals surface area contributed by atoms with Crippen LogP contribution in [0.4, 0.5) is 39.5 Å². The first-order chi connectivity index (χ1) is 21.1. The summed E-state index contributed by atoms with van der Waals surface area (Å²) in [6.07, 6.45) is -9.93. The van der Waals surface area contributed by atoms with E-state index in [1.54, 1.807) is 11.3 Å². The highest BCUT2D eigenvalue weighted by atomic mass is 32.1. The van der Waals surface area contributed by atoms with Crippen LogP contribution in [0.3, 0.4) is 0 Å². The molecule has 0 unspecified atom stereocenters. The molecule has 2 aromatic heterocycles. The normalized spacial score (nSPS) is 20.1. The number of hydrogen-bond acceptors (Lipinski definition) is 9. The molecule has 260 valence electrons. The number of carboxylic acids is 3. The summed E-state index contributed by atoms with van der Waals surface area (Å²) in [6.45, 7) is 7.31. The average Bonchev–Trinajstić information content (AvgIpc) is 3.55. The summed E-state index contributed by atoms with van der Waals surface area (Å²) in [6, 6.07) is 4.76. The van der Waals surface area contributed by atoms with Crippen LogP contribution in [0.15, 0.2) is 29.9 Å². The van der Waals surface area contributed by atoms with Gasteiger partial charge in [0.1, 0.15) is 0 Å². The minimum atomic E-state index is -5.08. The first-order valence-electron chi connectivity index (χ1n) is 12.8. The molecule has 0 aromatic carbocycles. The fourth-order valence-corrected chi connectivity index (χ4v) is 4.98. The number of hydrogen-bond donors (Lipinski definition) is 3. The van der Waals surface area contributed by atoms with Crippen LogP contribution in [0, 0.1) is 12.8 Å². The van der Waals surface area contributed by atoms with Crippen molar-refractivity contribution in [3.05, 3.63) is 46.2 Å². The molecule has 0 radical (unpaired) electrons. The van der Waals surface area contributed by atoms with Crippen molar-refractivity contribution in [2.24, 2.45) is 5.92 Å². The minimum absolute atomic E-state index is 0.373. The molecule has 0 aliphatic carbocycles. The molecule has 3 N–H and O–H groups in total. The van der Waals surface area contributed by atoms with E-state index in [0.29, 0.717) is 18.1 Å². The van der Waals surface area contributed by atoms with Gasteiger partial charge in [-0.15, -0.1) is 11.3 Å². The van der Waals surface area contributed by atoms with E-state index in [0.717, 1.165) is 44.2 Å². The largest absolute Gasteiger partial charge is 0.490 e. The van der Waals surface area contributed by atoms with Crippen molar-refractivity contribution >= 4 is 29.2 Å². The Balaban J connectivity index is 0.000000413. The van der Waals surface area contributed by atoms with Gasteiger partial charge in [-0.05, 0) is 25.0 Å². The van der Waals surface area contributed by atoms with E-state index in [2.05, 4.69) is 38.1 Å². The van der Waals surface area contributed by atoms with Crippen molar-refractivity contribution < 1.29 is 74.0 Å². The van der Waals surface area contributed by atoms with E-state index in [4.69, 9.17) is 34.4 Å². The van der Waals surface area contributed by atoms with E-state index in [1.165, 1.54) is 11.3 Å². The van der Waals surface area contributed by atoms with Crippen LogP contribution in [-0.4, -0.2) is 110 Å². The Morgan fingerprint density at radius 1 is 0.935 bits per heavy atom. The Morgan fingerprint density at radius 2 is 1.46 bits per heavy atom. The molecular formula is C25H29F9N4O7S. The summed E-state index contributed by atoms with van der Waals surface area (Å²) in [5.41, 5.74) is 2.50. The zero-order valence-corrected chi connectivity index (χ0v) is 24.8. The molecule has 2 aliphatic rings. The molecule has 21 heteroatoms. The molecule has 0 amide bonds. The van der Waals surface area contributed by atoms with Crippen molar-refractivity contribution in [3.63, 3.8) is 0 Å². The number of methoxy groups -OCH3 is 1. The highest BCUT2D eigenvalue weighted by Crippen LogP contribution is 2.34. The average molecular weight is 701 g/mol. The third-order valence-electron chi connectivity index (χ3n) is 6.25. The van der Waals surface area contributed by atoms with Crippen LogP contribution < -0.4 is 0 Å². The molecule has 11 nitrogen and oxygen atoms in total. The third kappa shape index (κ3) is 14.3. The summed E-state index contributed by atoms with van der Waals surface area (Å²) in [7, 11) is 1.87. The van der Waals surface area contributed by atoms with Crippen LogP contribution in [0.2, 0.25) is 0 Å². The maximum Gasteiger partial charge on any atom is 0.490 e.